The fourth-order valence-electron chi connectivity index (χ4n) is 2.96. The summed E-state index contributed by atoms with van der Waals surface area (Å²) in [6.07, 6.45) is 3.92. The van der Waals surface area contributed by atoms with E-state index in [1.54, 1.807) is 56.0 Å². The number of rotatable bonds is 7. The van der Waals surface area contributed by atoms with Gasteiger partial charge in [0.1, 0.15) is 0 Å². The lowest BCUT2D eigenvalue weighted by atomic mass is 10.1. The smallest absolute Gasteiger partial charge is 0.252 e. The first-order valence-electron chi connectivity index (χ1n) is 9.45. The number of thioether (sulfide) groups is 1. The van der Waals surface area contributed by atoms with Crippen LogP contribution in [-0.2, 0) is 27.6 Å². The third kappa shape index (κ3) is 4.77. The third-order valence-corrected chi connectivity index (χ3v) is 8.59. The van der Waals surface area contributed by atoms with Crippen molar-refractivity contribution in [1.29, 1.82) is 0 Å². The van der Waals surface area contributed by atoms with E-state index in [1.165, 1.54) is 11.3 Å². The molecule has 0 atom stereocenters. The van der Waals surface area contributed by atoms with Crippen LogP contribution in [0, 0.1) is 0 Å². The minimum Gasteiger partial charge on any atom is -0.313 e. The summed E-state index contributed by atoms with van der Waals surface area (Å²) in [5.41, 5.74) is 1.75. The molecule has 0 unspecified atom stereocenters. The molecule has 5 nitrogen and oxygen atoms in total. The molecule has 0 N–H and O–H groups in total. The molecule has 0 radical (unpaired) electrons. The average molecular weight is 461 g/mol. The highest BCUT2D eigenvalue weighted by Gasteiger charge is 2.19. The Morgan fingerprint density at radius 3 is 2.53 bits per heavy atom. The van der Waals surface area contributed by atoms with Crippen LogP contribution < -0.4 is 4.80 Å². The van der Waals surface area contributed by atoms with E-state index in [0.717, 1.165) is 20.7 Å². The summed E-state index contributed by atoms with van der Waals surface area (Å²) < 4.78 is 27.5. The van der Waals surface area contributed by atoms with Crippen LogP contribution in [-0.4, -0.2) is 30.4 Å². The summed E-state index contributed by atoms with van der Waals surface area (Å²) in [4.78, 5) is 19.0. The van der Waals surface area contributed by atoms with Crippen LogP contribution >= 0.6 is 23.1 Å². The number of benzene rings is 2. The highest BCUT2D eigenvalue weighted by atomic mass is 32.2. The molecule has 158 valence electrons. The Kier molecular flexibility index (Phi) is 7.00. The number of hydrogen-bond acceptors (Lipinski definition) is 5. The van der Waals surface area contributed by atoms with Crippen LogP contribution in [0.5, 0.6) is 0 Å². The van der Waals surface area contributed by atoms with Gasteiger partial charge in [-0.1, -0.05) is 29.5 Å². The van der Waals surface area contributed by atoms with E-state index in [-0.39, 0.29) is 17.2 Å². The lowest BCUT2D eigenvalue weighted by Gasteiger charge is -2.08. The molecule has 3 rings (SSSR count). The SMILES string of the molecule is C=CCn1c(=NC(=O)Cc2ccc(S(=O)(=O)C(C)C)cc2)sc2cc(SC)ccc21. The Labute approximate surface area is 185 Å². The zero-order valence-electron chi connectivity index (χ0n) is 17.2. The van der Waals surface area contributed by atoms with Crippen LogP contribution in [0.3, 0.4) is 0 Å². The molecule has 0 saturated heterocycles. The molecule has 30 heavy (non-hydrogen) atoms. The first kappa shape index (κ1) is 22.5. The molecular weight excluding hydrogens is 436 g/mol. The quantitative estimate of drug-likeness (QED) is 0.386. The lowest BCUT2D eigenvalue weighted by Crippen LogP contribution is -2.17. The fraction of sp³-hybridized carbons (Fsp3) is 0.273. The second kappa shape index (κ2) is 9.32. The zero-order valence-corrected chi connectivity index (χ0v) is 19.6. The molecule has 0 aliphatic carbocycles. The number of thiazole rings is 1. The highest BCUT2D eigenvalue weighted by molar-refractivity contribution is 7.98. The standard InChI is InChI=1S/C22H24N2O3S3/c1-5-12-24-19-11-8-17(28-4)14-20(19)29-22(24)23-21(25)13-16-6-9-18(10-7-16)30(26,27)15(2)3/h5-11,14-15H,1,12-13H2,2-4H3. The van der Waals surface area contributed by atoms with Crippen LogP contribution in [0.2, 0.25) is 0 Å². The van der Waals surface area contributed by atoms with Crippen molar-refractivity contribution in [1.82, 2.24) is 4.57 Å². The zero-order chi connectivity index (χ0) is 21.9. The molecule has 0 bridgehead atoms. The van der Waals surface area contributed by atoms with Gasteiger partial charge in [0.25, 0.3) is 5.91 Å². The molecule has 0 spiro atoms. The van der Waals surface area contributed by atoms with E-state index in [9.17, 15) is 13.2 Å². The van der Waals surface area contributed by atoms with Crippen molar-refractivity contribution in [3.63, 3.8) is 0 Å². The Morgan fingerprint density at radius 2 is 1.93 bits per heavy atom. The van der Waals surface area contributed by atoms with Gasteiger partial charge < -0.3 is 4.57 Å². The molecular formula is C22H24N2O3S3. The predicted octanol–water partition coefficient (Wildman–Crippen LogP) is 4.46. The molecule has 3 aromatic rings. The predicted molar refractivity (Wildman–Crippen MR) is 125 cm³/mol. The van der Waals surface area contributed by atoms with Crippen molar-refractivity contribution in [2.75, 3.05) is 6.26 Å². The Morgan fingerprint density at radius 1 is 1.23 bits per heavy atom. The van der Waals surface area contributed by atoms with Gasteiger partial charge in [-0.25, -0.2) is 8.42 Å². The Balaban J connectivity index is 1.90. The summed E-state index contributed by atoms with van der Waals surface area (Å²) in [7, 11) is -3.32. The first-order valence-corrected chi connectivity index (χ1v) is 13.0. The van der Waals surface area contributed by atoms with Gasteiger partial charge in [0.2, 0.25) is 0 Å². The van der Waals surface area contributed by atoms with Gasteiger partial charge in [-0.15, -0.1) is 18.3 Å². The molecule has 0 saturated carbocycles. The number of hydrogen-bond donors (Lipinski definition) is 0. The maximum absolute atomic E-state index is 12.6. The van der Waals surface area contributed by atoms with Crippen LogP contribution in [0.1, 0.15) is 19.4 Å². The van der Waals surface area contributed by atoms with Crippen LogP contribution in [0.4, 0.5) is 0 Å². The van der Waals surface area contributed by atoms with Crippen molar-refractivity contribution < 1.29 is 13.2 Å². The fourth-order valence-corrected chi connectivity index (χ4v) is 5.63. The summed E-state index contributed by atoms with van der Waals surface area (Å²) >= 11 is 3.15. The van der Waals surface area contributed by atoms with E-state index < -0.39 is 15.1 Å². The largest absolute Gasteiger partial charge is 0.313 e. The number of amides is 1. The van der Waals surface area contributed by atoms with E-state index in [0.29, 0.717) is 11.3 Å². The van der Waals surface area contributed by atoms with Gasteiger partial charge in [-0.2, -0.15) is 4.99 Å². The third-order valence-electron chi connectivity index (χ3n) is 4.65. The maximum atomic E-state index is 12.6. The van der Waals surface area contributed by atoms with Gasteiger partial charge in [-0.05, 0) is 56.0 Å². The van der Waals surface area contributed by atoms with Gasteiger partial charge in [0, 0.05) is 11.4 Å². The highest BCUT2D eigenvalue weighted by Crippen LogP contribution is 2.24. The van der Waals surface area contributed by atoms with Crippen molar-refractivity contribution in [2.24, 2.45) is 4.99 Å². The molecule has 0 fully saturated rings. The first-order chi connectivity index (χ1) is 14.3. The number of fused-ring (bicyclic) bond motifs is 1. The molecule has 1 amide bonds. The Bertz CT molecular complexity index is 1250. The van der Waals surface area contributed by atoms with E-state index >= 15 is 0 Å². The molecule has 2 aromatic carbocycles. The molecule has 8 heteroatoms. The Hall–Kier alpha value is -2.16. The summed E-state index contributed by atoms with van der Waals surface area (Å²) in [6, 6.07) is 12.7. The molecule has 0 aliphatic rings. The van der Waals surface area contributed by atoms with Crippen LogP contribution in [0.25, 0.3) is 10.2 Å². The monoisotopic (exact) mass is 460 g/mol. The van der Waals surface area contributed by atoms with Crippen molar-refractivity contribution in [3.8, 4) is 0 Å². The van der Waals surface area contributed by atoms with E-state index in [4.69, 9.17) is 0 Å². The normalized spacial score (nSPS) is 12.6. The lowest BCUT2D eigenvalue weighted by molar-refractivity contribution is -0.117. The number of sulfone groups is 1. The number of aromatic nitrogens is 1. The second-order valence-electron chi connectivity index (χ2n) is 7.04. The van der Waals surface area contributed by atoms with Gasteiger partial charge in [0.05, 0.1) is 26.8 Å². The minimum atomic E-state index is -3.32. The number of carbonyl (C=O) groups excluding carboxylic acids is 1. The van der Waals surface area contributed by atoms with E-state index in [2.05, 4.69) is 23.7 Å². The number of carbonyl (C=O) groups is 1. The topological polar surface area (TPSA) is 68.5 Å². The second-order valence-corrected chi connectivity index (χ2v) is 11.4. The molecule has 1 aromatic heterocycles. The maximum Gasteiger partial charge on any atom is 0.252 e. The summed E-state index contributed by atoms with van der Waals surface area (Å²) in [6.45, 7) is 7.67. The minimum absolute atomic E-state index is 0.112. The molecule has 0 aliphatic heterocycles. The van der Waals surface area contributed by atoms with Crippen LogP contribution in [0.15, 0.2) is 69.9 Å². The van der Waals surface area contributed by atoms with Crippen molar-refractivity contribution in [2.45, 2.75) is 41.9 Å². The summed E-state index contributed by atoms with van der Waals surface area (Å²) in [5, 5.41) is -0.486. The number of nitrogens with zero attached hydrogens (tertiary/aromatic N) is 2. The van der Waals surface area contributed by atoms with E-state index in [1.807, 2.05) is 16.9 Å². The van der Waals surface area contributed by atoms with Gasteiger partial charge in [-0.3, -0.25) is 4.79 Å². The van der Waals surface area contributed by atoms with Gasteiger partial charge >= 0.3 is 0 Å². The van der Waals surface area contributed by atoms with Crippen molar-refractivity contribution in [3.05, 3.63) is 65.5 Å². The van der Waals surface area contributed by atoms with Gasteiger partial charge in [0.15, 0.2) is 14.6 Å². The van der Waals surface area contributed by atoms with Crippen molar-refractivity contribution >= 4 is 49.1 Å². The summed E-state index contributed by atoms with van der Waals surface area (Å²) in [5.74, 6) is -0.274. The number of allylic oxidation sites excluding steroid dienone is 1. The molecule has 1 heterocycles. The average Bonchev–Trinajstić information content (AvgIpc) is 3.04.